The number of carbonyl (C=O) groups excluding carboxylic acids is 1. The van der Waals surface area contributed by atoms with E-state index in [-0.39, 0.29) is 17.1 Å². The number of thioether (sulfide) groups is 1. The molecule has 0 unspecified atom stereocenters. The normalized spacial score (nSPS) is 13.3. The van der Waals surface area contributed by atoms with Gasteiger partial charge in [-0.2, -0.15) is 0 Å². The zero-order valence-electron chi connectivity index (χ0n) is 19.8. The molecular weight excluding hydrogens is 460 g/mol. The van der Waals surface area contributed by atoms with Crippen molar-refractivity contribution in [1.82, 2.24) is 9.55 Å². The Morgan fingerprint density at radius 1 is 1.09 bits per heavy atom. The Kier molecular flexibility index (Phi) is 6.45. The van der Waals surface area contributed by atoms with Crippen molar-refractivity contribution in [2.45, 2.75) is 58.0 Å². The molecule has 0 saturated carbocycles. The standard InChI is InChI=1S/C28H28N2O2S2/c1-4-19-11-13-20(14-12-19)23(31)16-33-28-29-26-25(21-7-5-6-8-24(21)34-26)27(32)30(28)22-15-17(2)9-10-18(22)3/h9-15H,4-8,16H2,1-3H3. The van der Waals surface area contributed by atoms with Crippen LogP contribution in [0.1, 0.15) is 57.3 Å². The van der Waals surface area contributed by atoms with Gasteiger partial charge >= 0.3 is 0 Å². The number of carbonyl (C=O) groups is 1. The van der Waals surface area contributed by atoms with Crippen LogP contribution in [0.2, 0.25) is 0 Å². The highest BCUT2D eigenvalue weighted by atomic mass is 32.2. The van der Waals surface area contributed by atoms with E-state index in [0.29, 0.717) is 10.7 Å². The summed E-state index contributed by atoms with van der Waals surface area (Å²) in [6.45, 7) is 6.15. The first-order valence-corrected chi connectivity index (χ1v) is 13.7. The second-order valence-electron chi connectivity index (χ2n) is 8.98. The number of hydrogen-bond donors (Lipinski definition) is 0. The van der Waals surface area contributed by atoms with Crippen molar-refractivity contribution < 1.29 is 4.79 Å². The smallest absolute Gasteiger partial charge is 0.267 e. The Hall–Kier alpha value is -2.70. The van der Waals surface area contributed by atoms with Crippen molar-refractivity contribution in [2.75, 3.05) is 5.75 Å². The lowest BCUT2D eigenvalue weighted by Crippen LogP contribution is -2.23. The van der Waals surface area contributed by atoms with E-state index in [1.165, 1.54) is 27.8 Å². The topological polar surface area (TPSA) is 52.0 Å². The maximum Gasteiger partial charge on any atom is 0.267 e. The second kappa shape index (κ2) is 9.51. The van der Waals surface area contributed by atoms with E-state index in [9.17, 15) is 9.59 Å². The van der Waals surface area contributed by atoms with Gasteiger partial charge in [0.1, 0.15) is 4.83 Å². The van der Waals surface area contributed by atoms with Gasteiger partial charge in [-0.1, -0.05) is 55.1 Å². The average molecular weight is 489 g/mol. The summed E-state index contributed by atoms with van der Waals surface area (Å²) in [6.07, 6.45) is 5.19. The minimum absolute atomic E-state index is 0.0136. The van der Waals surface area contributed by atoms with Gasteiger partial charge in [-0.05, 0) is 74.3 Å². The zero-order chi connectivity index (χ0) is 23.8. The molecule has 0 fully saturated rings. The minimum atomic E-state index is -0.0136. The van der Waals surface area contributed by atoms with Crippen molar-refractivity contribution >= 4 is 39.1 Å². The highest BCUT2D eigenvalue weighted by Gasteiger charge is 2.24. The predicted molar refractivity (Wildman–Crippen MR) is 142 cm³/mol. The van der Waals surface area contributed by atoms with E-state index in [4.69, 9.17) is 4.98 Å². The van der Waals surface area contributed by atoms with Crippen LogP contribution in [0.5, 0.6) is 0 Å². The van der Waals surface area contributed by atoms with Crippen molar-refractivity contribution in [3.05, 3.63) is 85.5 Å². The third-order valence-electron chi connectivity index (χ3n) is 6.58. The van der Waals surface area contributed by atoms with Gasteiger partial charge in [0.05, 0.1) is 16.8 Å². The maximum atomic E-state index is 14.0. The first-order chi connectivity index (χ1) is 16.5. The van der Waals surface area contributed by atoms with Crippen molar-refractivity contribution in [3.63, 3.8) is 0 Å². The largest absolute Gasteiger partial charge is 0.293 e. The number of fused-ring (bicyclic) bond motifs is 3. The quantitative estimate of drug-likeness (QED) is 0.177. The van der Waals surface area contributed by atoms with E-state index in [1.54, 1.807) is 15.9 Å². The summed E-state index contributed by atoms with van der Waals surface area (Å²) in [4.78, 5) is 34.0. The molecule has 34 heavy (non-hydrogen) atoms. The molecule has 0 N–H and O–H groups in total. The molecule has 0 saturated heterocycles. The molecule has 1 aliphatic carbocycles. The van der Waals surface area contributed by atoms with Crippen LogP contribution in [0.4, 0.5) is 0 Å². The average Bonchev–Trinajstić information content (AvgIpc) is 3.23. The van der Waals surface area contributed by atoms with Gasteiger partial charge in [0.25, 0.3) is 5.56 Å². The molecule has 4 nitrogen and oxygen atoms in total. The lowest BCUT2D eigenvalue weighted by atomic mass is 9.97. The molecule has 1 aliphatic rings. The van der Waals surface area contributed by atoms with Gasteiger partial charge in [-0.25, -0.2) is 4.98 Å². The second-order valence-corrected chi connectivity index (χ2v) is 11.0. The predicted octanol–water partition coefficient (Wildman–Crippen LogP) is 6.48. The van der Waals surface area contributed by atoms with Gasteiger partial charge in [-0.15, -0.1) is 11.3 Å². The maximum absolute atomic E-state index is 14.0. The molecule has 0 amide bonds. The first kappa shape index (κ1) is 23.1. The number of thiophene rings is 1. The Bertz CT molecular complexity index is 1450. The van der Waals surface area contributed by atoms with Crippen LogP contribution in [0.15, 0.2) is 52.4 Å². The highest BCUT2D eigenvalue weighted by Crippen LogP contribution is 2.35. The Labute approximate surface area is 208 Å². The van der Waals surface area contributed by atoms with Gasteiger partial charge in [0.2, 0.25) is 0 Å². The molecule has 0 atom stereocenters. The molecule has 4 aromatic rings. The summed E-state index contributed by atoms with van der Waals surface area (Å²) in [6, 6.07) is 13.9. The fraction of sp³-hybridized carbons (Fsp3) is 0.321. The number of nitrogens with zero attached hydrogens (tertiary/aromatic N) is 2. The lowest BCUT2D eigenvalue weighted by molar-refractivity contribution is 0.102. The Morgan fingerprint density at radius 2 is 1.85 bits per heavy atom. The number of aromatic nitrogens is 2. The molecule has 6 heteroatoms. The molecule has 0 radical (unpaired) electrons. The molecule has 0 aliphatic heterocycles. The third kappa shape index (κ3) is 4.25. The van der Waals surface area contributed by atoms with Crippen LogP contribution in [-0.2, 0) is 19.3 Å². The number of rotatable bonds is 6. The molecular formula is C28H28N2O2S2. The van der Waals surface area contributed by atoms with Gasteiger partial charge < -0.3 is 0 Å². The molecule has 2 aromatic carbocycles. The Morgan fingerprint density at radius 3 is 2.62 bits per heavy atom. The molecule has 5 rings (SSSR count). The first-order valence-electron chi connectivity index (χ1n) is 11.9. The van der Waals surface area contributed by atoms with Gasteiger partial charge in [0, 0.05) is 10.4 Å². The van der Waals surface area contributed by atoms with Crippen LogP contribution in [-0.4, -0.2) is 21.1 Å². The van der Waals surface area contributed by atoms with Crippen LogP contribution in [0.3, 0.4) is 0 Å². The number of hydrogen-bond acceptors (Lipinski definition) is 5. The number of Topliss-reactive ketones (excluding diaryl/α,β-unsaturated/α-hetero) is 1. The Balaban J connectivity index is 1.60. The van der Waals surface area contributed by atoms with Crippen LogP contribution >= 0.6 is 23.1 Å². The number of benzene rings is 2. The fourth-order valence-electron chi connectivity index (χ4n) is 4.60. The minimum Gasteiger partial charge on any atom is -0.293 e. The molecule has 0 bridgehead atoms. The summed E-state index contributed by atoms with van der Waals surface area (Å²) in [5.41, 5.74) is 6.02. The monoisotopic (exact) mass is 488 g/mol. The molecule has 2 heterocycles. The van der Waals surface area contributed by atoms with Crippen molar-refractivity contribution in [3.8, 4) is 5.69 Å². The van der Waals surface area contributed by atoms with E-state index >= 15 is 0 Å². The SMILES string of the molecule is CCc1ccc(C(=O)CSc2nc3sc4c(c3c(=O)n2-c2cc(C)ccc2C)CCCC4)cc1. The lowest BCUT2D eigenvalue weighted by Gasteiger charge is -2.16. The molecule has 2 aromatic heterocycles. The van der Waals surface area contributed by atoms with E-state index in [2.05, 4.69) is 13.0 Å². The van der Waals surface area contributed by atoms with E-state index in [1.807, 2.05) is 50.2 Å². The van der Waals surface area contributed by atoms with Crippen LogP contribution < -0.4 is 5.56 Å². The van der Waals surface area contributed by atoms with E-state index < -0.39 is 0 Å². The number of ketones is 1. The summed E-state index contributed by atoms with van der Waals surface area (Å²) < 4.78 is 1.74. The van der Waals surface area contributed by atoms with Crippen molar-refractivity contribution in [2.24, 2.45) is 0 Å². The molecule has 174 valence electrons. The highest BCUT2D eigenvalue weighted by molar-refractivity contribution is 7.99. The summed E-state index contributed by atoms with van der Waals surface area (Å²) >= 11 is 3.00. The third-order valence-corrected chi connectivity index (χ3v) is 8.70. The van der Waals surface area contributed by atoms with Crippen molar-refractivity contribution in [1.29, 1.82) is 0 Å². The molecule has 0 spiro atoms. The summed E-state index contributed by atoms with van der Waals surface area (Å²) in [7, 11) is 0. The summed E-state index contributed by atoms with van der Waals surface area (Å²) in [5.74, 6) is 0.277. The van der Waals surface area contributed by atoms with Crippen LogP contribution in [0.25, 0.3) is 15.9 Å². The van der Waals surface area contributed by atoms with Gasteiger partial charge in [0.15, 0.2) is 10.9 Å². The zero-order valence-corrected chi connectivity index (χ0v) is 21.4. The summed E-state index contributed by atoms with van der Waals surface area (Å²) in [5, 5.41) is 1.36. The van der Waals surface area contributed by atoms with Crippen LogP contribution in [0, 0.1) is 13.8 Å². The van der Waals surface area contributed by atoms with E-state index in [0.717, 1.165) is 59.1 Å². The van der Waals surface area contributed by atoms with Gasteiger partial charge in [-0.3, -0.25) is 14.2 Å². The fourth-order valence-corrected chi connectivity index (χ4v) is 6.80. The number of aryl methyl sites for hydroxylation is 5.